The van der Waals surface area contributed by atoms with E-state index in [9.17, 15) is 4.79 Å². The summed E-state index contributed by atoms with van der Waals surface area (Å²) in [5.41, 5.74) is 4.27. The molecule has 1 N–H and O–H groups in total. The number of rotatable bonds is 4. The van der Waals surface area contributed by atoms with Crippen LogP contribution in [0.2, 0.25) is 0 Å². The van der Waals surface area contributed by atoms with Gasteiger partial charge >= 0.3 is 0 Å². The summed E-state index contributed by atoms with van der Waals surface area (Å²) in [6.07, 6.45) is 2.19. The number of carbonyl (C=O) groups is 1. The molecule has 3 nitrogen and oxygen atoms in total. The van der Waals surface area contributed by atoms with E-state index in [1.165, 1.54) is 5.56 Å². The zero-order valence-electron chi connectivity index (χ0n) is 12.5. The molecule has 1 heterocycles. The Bertz CT molecular complexity index is 789. The van der Waals surface area contributed by atoms with Gasteiger partial charge in [-0.25, -0.2) is 0 Å². The number of aryl methyl sites for hydroxylation is 1. The Morgan fingerprint density at radius 3 is 2.64 bits per heavy atom. The Kier molecular flexibility index (Phi) is 4.15. The van der Waals surface area contributed by atoms with Gasteiger partial charge in [0.1, 0.15) is 0 Å². The van der Waals surface area contributed by atoms with Crippen molar-refractivity contribution < 1.29 is 4.79 Å². The highest BCUT2D eigenvalue weighted by Gasteiger charge is 2.05. The lowest BCUT2D eigenvalue weighted by atomic mass is 10.1. The number of benzene rings is 2. The number of nitrogens with one attached hydrogen (secondary N) is 1. The van der Waals surface area contributed by atoms with Crippen LogP contribution in [-0.2, 0) is 17.8 Å². The lowest BCUT2D eigenvalue weighted by molar-refractivity contribution is -0.120. The molecule has 0 radical (unpaired) electrons. The van der Waals surface area contributed by atoms with E-state index in [4.69, 9.17) is 0 Å². The van der Waals surface area contributed by atoms with Crippen LogP contribution in [0.3, 0.4) is 0 Å². The molecular weight excluding hydrogens is 272 g/mol. The molecular formula is C19H18N2O. The lowest BCUT2D eigenvalue weighted by Crippen LogP contribution is -2.24. The molecule has 0 bridgehead atoms. The van der Waals surface area contributed by atoms with Gasteiger partial charge in [0, 0.05) is 18.1 Å². The quantitative estimate of drug-likeness (QED) is 0.800. The van der Waals surface area contributed by atoms with Crippen molar-refractivity contribution in [1.29, 1.82) is 0 Å². The molecule has 0 aliphatic heterocycles. The van der Waals surface area contributed by atoms with E-state index in [-0.39, 0.29) is 5.91 Å². The lowest BCUT2D eigenvalue weighted by Gasteiger charge is -2.08. The van der Waals surface area contributed by atoms with Gasteiger partial charge in [-0.2, -0.15) is 0 Å². The molecule has 0 saturated heterocycles. The highest BCUT2D eigenvalue weighted by molar-refractivity contribution is 5.83. The maximum absolute atomic E-state index is 12.1. The smallest absolute Gasteiger partial charge is 0.224 e. The monoisotopic (exact) mass is 290 g/mol. The van der Waals surface area contributed by atoms with Crippen LogP contribution in [0.25, 0.3) is 10.9 Å². The molecule has 22 heavy (non-hydrogen) atoms. The standard InChI is InChI=1S/C19H18N2O/c1-14-6-8-15(9-7-14)12-19(22)21-13-16-10-11-20-18-5-3-2-4-17(16)18/h2-11H,12-13H2,1H3,(H,21,22). The molecule has 0 saturated carbocycles. The van der Waals surface area contributed by atoms with Gasteiger partial charge in [0.05, 0.1) is 11.9 Å². The molecule has 0 atom stereocenters. The molecule has 1 amide bonds. The van der Waals surface area contributed by atoms with E-state index >= 15 is 0 Å². The summed E-state index contributed by atoms with van der Waals surface area (Å²) in [5, 5.41) is 4.07. The summed E-state index contributed by atoms with van der Waals surface area (Å²) in [6, 6.07) is 18.0. The van der Waals surface area contributed by atoms with Crippen molar-refractivity contribution in [2.24, 2.45) is 0 Å². The number of amides is 1. The predicted octanol–water partition coefficient (Wildman–Crippen LogP) is 3.40. The van der Waals surface area contributed by atoms with Crippen molar-refractivity contribution in [2.45, 2.75) is 19.9 Å². The highest BCUT2D eigenvalue weighted by atomic mass is 16.1. The number of fused-ring (bicyclic) bond motifs is 1. The molecule has 0 unspecified atom stereocenters. The van der Waals surface area contributed by atoms with Gasteiger partial charge in [-0.1, -0.05) is 48.0 Å². The summed E-state index contributed by atoms with van der Waals surface area (Å²) in [5.74, 6) is 0.0322. The van der Waals surface area contributed by atoms with Crippen molar-refractivity contribution >= 4 is 16.8 Å². The summed E-state index contributed by atoms with van der Waals surface area (Å²) in [7, 11) is 0. The van der Waals surface area contributed by atoms with Gasteiger partial charge < -0.3 is 5.32 Å². The minimum absolute atomic E-state index is 0.0322. The Morgan fingerprint density at radius 2 is 1.82 bits per heavy atom. The van der Waals surface area contributed by atoms with Crippen LogP contribution in [0.1, 0.15) is 16.7 Å². The second kappa shape index (κ2) is 6.39. The zero-order chi connectivity index (χ0) is 15.4. The summed E-state index contributed by atoms with van der Waals surface area (Å²) in [4.78, 5) is 16.4. The van der Waals surface area contributed by atoms with E-state index in [0.717, 1.165) is 22.0 Å². The van der Waals surface area contributed by atoms with Gasteiger partial charge in [0.25, 0.3) is 0 Å². The number of carbonyl (C=O) groups excluding carboxylic acids is 1. The van der Waals surface area contributed by atoms with Crippen LogP contribution in [0, 0.1) is 6.92 Å². The zero-order valence-corrected chi connectivity index (χ0v) is 12.5. The Hall–Kier alpha value is -2.68. The number of aromatic nitrogens is 1. The second-order valence-corrected chi connectivity index (χ2v) is 5.43. The van der Waals surface area contributed by atoms with Crippen molar-refractivity contribution in [2.75, 3.05) is 0 Å². The SMILES string of the molecule is Cc1ccc(CC(=O)NCc2ccnc3ccccc23)cc1. The molecule has 0 spiro atoms. The molecule has 3 heteroatoms. The number of hydrogen-bond donors (Lipinski definition) is 1. The maximum Gasteiger partial charge on any atom is 0.224 e. The third kappa shape index (κ3) is 3.31. The maximum atomic E-state index is 12.1. The topological polar surface area (TPSA) is 42.0 Å². The van der Waals surface area contributed by atoms with Crippen LogP contribution in [0.15, 0.2) is 60.8 Å². The summed E-state index contributed by atoms with van der Waals surface area (Å²) in [6.45, 7) is 2.56. The van der Waals surface area contributed by atoms with Gasteiger partial charge in [-0.15, -0.1) is 0 Å². The first-order chi connectivity index (χ1) is 10.7. The fourth-order valence-corrected chi connectivity index (χ4v) is 2.46. The first-order valence-corrected chi connectivity index (χ1v) is 7.37. The van der Waals surface area contributed by atoms with Crippen molar-refractivity contribution in [3.63, 3.8) is 0 Å². The fourth-order valence-electron chi connectivity index (χ4n) is 2.46. The first kappa shape index (κ1) is 14.3. The van der Waals surface area contributed by atoms with Gasteiger partial charge in [-0.05, 0) is 30.2 Å². The van der Waals surface area contributed by atoms with E-state index in [1.807, 2.05) is 61.5 Å². The molecule has 0 aliphatic carbocycles. The van der Waals surface area contributed by atoms with Gasteiger partial charge in [-0.3, -0.25) is 9.78 Å². The van der Waals surface area contributed by atoms with E-state index < -0.39 is 0 Å². The van der Waals surface area contributed by atoms with Crippen LogP contribution >= 0.6 is 0 Å². The minimum Gasteiger partial charge on any atom is -0.352 e. The average molecular weight is 290 g/mol. The highest BCUT2D eigenvalue weighted by Crippen LogP contribution is 2.15. The van der Waals surface area contributed by atoms with E-state index in [0.29, 0.717) is 13.0 Å². The number of para-hydroxylation sites is 1. The van der Waals surface area contributed by atoms with Crippen LogP contribution in [0.5, 0.6) is 0 Å². The average Bonchev–Trinajstić information content (AvgIpc) is 2.55. The normalized spacial score (nSPS) is 10.6. The summed E-state index contributed by atoms with van der Waals surface area (Å²) >= 11 is 0. The molecule has 3 aromatic rings. The number of nitrogens with zero attached hydrogens (tertiary/aromatic N) is 1. The van der Waals surface area contributed by atoms with Gasteiger partial charge in [0.2, 0.25) is 5.91 Å². The first-order valence-electron chi connectivity index (χ1n) is 7.37. The van der Waals surface area contributed by atoms with Crippen LogP contribution in [0.4, 0.5) is 0 Å². The fraction of sp³-hybridized carbons (Fsp3) is 0.158. The number of hydrogen-bond acceptors (Lipinski definition) is 2. The Morgan fingerprint density at radius 1 is 1.05 bits per heavy atom. The Balaban J connectivity index is 1.66. The largest absolute Gasteiger partial charge is 0.352 e. The molecule has 110 valence electrons. The third-order valence-electron chi connectivity index (χ3n) is 3.70. The molecule has 2 aromatic carbocycles. The van der Waals surface area contributed by atoms with Crippen molar-refractivity contribution in [3.8, 4) is 0 Å². The molecule has 3 rings (SSSR count). The van der Waals surface area contributed by atoms with Crippen LogP contribution in [-0.4, -0.2) is 10.9 Å². The molecule has 0 aliphatic rings. The summed E-state index contributed by atoms with van der Waals surface area (Å²) < 4.78 is 0. The third-order valence-corrected chi connectivity index (χ3v) is 3.70. The second-order valence-electron chi connectivity index (χ2n) is 5.43. The van der Waals surface area contributed by atoms with Crippen molar-refractivity contribution in [3.05, 3.63) is 77.5 Å². The predicted molar refractivity (Wildman–Crippen MR) is 88.5 cm³/mol. The van der Waals surface area contributed by atoms with E-state index in [1.54, 1.807) is 6.20 Å². The van der Waals surface area contributed by atoms with Crippen LogP contribution < -0.4 is 5.32 Å². The molecule has 0 fully saturated rings. The van der Waals surface area contributed by atoms with E-state index in [2.05, 4.69) is 10.3 Å². The number of pyridine rings is 1. The van der Waals surface area contributed by atoms with Gasteiger partial charge in [0.15, 0.2) is 0 Å². The van der Waals surface area contributed by atoms with Crippen molar-refractivity contribution in [1.82, 2.24) is 10.3 Å². The minimum atomic E-state index is 0.0322. The molecule has 1 aromatic heterocycles. The Labute approximate surface area is 130 Å².